The first-order valence-electron chi connectivity index (χ1n) is 3.85. The van der Waals surface area contributed by atoms with Gasteiger partial charge in [-0.05, 0) is 19.8 Å². The summed E-state index contributed by atoms with van der Waals surface area (Å²) < 4.78 is 4.40. The van der Waals surface area contributed by atoms with E-state index in [1.54, 1.807) is 0 Å². The summed E-state index contributed by atoms with van der Waals surface area (Å²) in [7, 11) is 2.49. The lowest BCUT2D eigenvalue weighted by Gasteiger charge is -2.05. The van der Waals surface area contributed by atoms with Crippen LogP contribution in [0.1, 0.15) is 13.8 Å². The summed E-state index contributed by atoms with van der Waals surface area (Å²) in [6.07, 6.45) is 0. The van der Waals surface area contributed by atoms with Crippen LogP contribution in [0.4, 0.5) is 0 Å². The summed E-state index contributed by atoms with van der Waals surface area (Å²) in [5.74, 6) is 4.07. The lowest BCUT2D eigenvalue weighted by atomic mass is 10.1. The van der Waals surface area contributed by atoms with Gasteiger partial charge in [0.2, 0.25) is 5.71 Å². The zero-order chi connectivity index (χ0) is 11.2. The van der Waals surface area contributed by atoms with Gasteiger partial charge in [-0.2, -0.15) is 0 Å². The number of hydrogen-bond acceptors (Lipinski definition) is 5. The Bertz CT molecular complexity index is 290. The van der Waals surface area contributed by atoms with Gasteiger partial charge in [0.25, 0.3) is 0 Å². The maximum atomic E-state index is 11.0. The molecule has 0 rings (SSSR count). The first kappa shape index (κ1) is 12.5. The summed E-state index contributed by atoms with van der Waals surface area (Å²) in [5.41, 5.74) is -1.38. The summed E-state index contributed by atoms with van der Waals surface area (Å²) in [4.78, 5) is 15.4. The van der Waals surface area contributed by atoms with Crippen LogP contribution in [-0.4, -0.2) is 36.6 Å². The van der Waals surface area contributed by atoms with Gasteiger partial charge >= 0.3 is 5.97 Å². The Morgan fingerprint density at radius 3 is 2.36 bits per heavy atom. The molecule has 0 aromatic heterocycles. The molecule has 1 N–H and O–H groups in total. The second-order valence-electron chi connectivity index (χ2n) is 2.92. The predicted octanol–water partition coefficient (Wildman–Crippen LogP) is -0.0639. The van der Waals surface area contributed by atoms with Crippen LogP contribution in [0.15, 0.2) is 5.16 Å². The molecule has 5 heteroatoms. The van der Waals surface area contributed by atoms with Gasteiger partial charge in [-0.3, -0.25) is 0 Å². The quantitative estimate of drug-likeness (QED) is 0.293. The summed E-state index contributed by atoms with van der Waals surface area (Å²) in [6, 6.07) is 0. The van der Waals surface area contributed by atoms with Crippen molar-refractivity contribution in [3.05, 3.63) is 0 Å². The maximum absolute atomic E-state index is 11.0. The fraction of sp³-hybridized carbons (Fsp3) is 0.556. The van der Waals surface area contributed by atoms with Crippen molar-refractivity contribution in [3.63, 3.8) is 0 Å². The number of nitrogens with zero attached hydrogens (tertiary/aromatic N) is 1. The first-order valence-corrected chi connectivity index (χ1v) is 3.85. The van der Waals surface area contributed by atoms with Gasteiger partial charge in [0.1, 0.15) is 12.7 Å². The zero-order valence-corrected chi connectivity index (χ0v) is 8.62. The lowest BCUT2D eigenvalue weighted by Crippen LogP contribution is -2.18. The predicted molar refractivity (Wildman–Crippen MR) is 50.5 cm³/mol. The van der Waals surface area contributed by atoms with E-state index in [2.05, 4.69) is 26.6 Å². The second kappa shape index (κ2) is 5.25. The van der Waals surface area contributed by atoms with Crippen molar-refractivity contribution < 1.29 is 19.5 Å². The van der Waals surface area contributed by atoms with Crippen LogP contribution in [0.5, 0.6) is 0 Å². The van der Waals surface area contributed by atoms with Gasteiger partial charge < -0.3 is 14.7 Å². The largest absolute Gasteiger partial charge is 0.464 e. The van der Waals surface area contributed by atoms with Crippen molar-refractivity contribution in [2.45, 2.75) is 19.4 Å². The Morgan fingerprint density at radius 2 is 2.00 bits per heavy atom. The Kier molecular flexibility index (Phi) is 4.67. The van der Waals surface area contributed by atoms with E-state index in [1.165, 1.54) is 28.1 Å². The third kappa shape index (κ3) is 5.17. The smallest absolute Gasteiger partial charge is 0.368 e. The van der Waals surface area contributed by atoms with E-state index in [0.29, 0.717) is 0 Å². The number of carbonyl (C=O) groups is 1. The van der Waals surface area contributed by atoms with Crippen LogP contribution in [0.2, 0.25) is 0 Å². The van der Waals surface area contributed by atoms with Crippen LogP contribution in [0, 0.1) is 11.8 Å². The van der Waals surface area contributed by atoms with Crippen molar-refractivity contribution >= 4 is 11.7 Å². The number of aliphatic hydroxyl groups is 1. The zero-order valence-electron chi connectivity index (χ0n) is 8.62. The van der Waals surface area contributed by atoms with E-state index in [1.807, 2.05) is 0 Å². The lowest BCUT2D eigenvalue weighted by molar-refractivity contribution is -0.132. The molecule has 0 unspecified atom stereocenters. The molecule has 0 heterocycles. The molecule has 0 radical (unpaired) electrons. The molecule has 5 nitrogen and oxygen atoms in total. The highest BCUT2D eigenvalue weighted by Gasteiger charge is 2.12. The SMILES string of the molecule is CO/N=C(\C#CC(C)(C)O)C(=O)OC. The van der Waals surface area contributed by atoms with Crippen molar-refractivity contribution in [1.82, 2.24) is 0 Å². The van der Waals surface area contributed by atoms with Gasteiger partial charge in [-0.15, -0.1) is 0 Å². The van der Waals surface area contributed by atoms with E-state index in [9.17, 15) is 9.90 Å². The highest BCUT2D eigenvalue weighted by molar-refractivity contribution is 6.43. The van der Waals surface area contributed by atoms with Gasteiger partial charge in [0.15, 0.2) is 0 Å². The van der Waals surface area contributed by atoms with E-state index >= 15 is 0 Å². The number of methoxy groups -OCH3 is 1. The van der Waals surface area contributed by atoms with Crippen LogP contribution in [-0.2, 0) is 14.4 Å². The minimum Gasteiger partial charge on any atom is -0.464 e. The Labute approximate surface area is 82.7 Å². The molecule has 0 fully saturated rings. The monoisotopic (exact) mass is 199 g/mol. The third-order valence-electron chi connectivity index (χ3n) is 1.05. The minimum absolute atomic E-state index is 0.183. The number of esters is 1. The molecule has 0 saturated heterocycles. The van der Waals surface area contributed by atoms with E-state index in [-0.39, 0.29) is 5.71 Å². The number of hydrogen-bond donors (Lipinski definition) is 1. The topological polar surface area (TPSA) is 68.1 Å². The molecule has 0 aliphatic heterocycles. The molecule has 0 amide bonds. The number of ether oxygens (including phenoxy) is 1. The summed E-state index contributed by atoms with van der Waals surface area (Å²) in [5, 5.41) is 12.6. The molecule has 0 aromatic carbocycles. The standard InChI is InChI=1S/C9H13NO4/c1-9(2,12)6-5-7(10-14-4)8(11)13-3/h12H,1-4H3/b10-7+. The molecular weight excluding hydrogens is 186 g/mol. The average Bonchev–Trinajstić information content (AvgIpc) is 2.09. The molecule has 0 saturated carbocycles. The fourth-order valence-electron chi connectivity index (χ4n) is 0.511. The Balaban J connectivity index is 4.77. The van der Waals surface area contributed by atoms with Crippen molar-refractivity contribution in [1.29, 1.82) is 0 Å². The van der Waals surface area contributed by atoms with E-state index in [4.69, 9.17) is 0 Å². The fourth-order valence-corrected chi connectivity index (χ4v) is 0.511. The first-order chi connectivity index (χ1) is 6.40. The summed E-state index contributed by atoms with van der Waals surface area (Å²) >= 11 is 0. The molecule has 14 heavy (non-hydrogen) atoms. The third-order valence-corrected chi connectivity index (χ3v) is 1.05. The highest BCUT2D eigenvalue weighted by Crippen LogP contribution is 1.96. The van der Waals surface area contributed by atoms with Crippen LogP contribution >= 0.6 is 0 Å². The van der Waals surface area contributed by atoms with Gasteiger partial charge in [0, 0.05) is 0 Å². The molecule has 0 bridgehead atoms. The van der Waals surface area contributed by atoms with Gasteiger partial charge in [-0.25, -0.2) is 4.79 Å². The van der Waals surface area contributed by atoms with Crippen LogP contribution < -0.4 is 0 Å². The molecule has 78 valence electrons. The second-order valence-corrected chi connectivity index (χ2v) is 2.92. The molecule has 0 spiro atoms. The van der Waals surface area contributed by atoms with Crippen molar-refractivity contribution in [3.8, 4) is 11.8 Å². The Hall–Kier alpha value is -1.54. The van der Waals surface area contributed by atoms with Crippen molar-refractivity contribution in [2.24, 2.45) is 5.16 Å². The molecule has 0 atom stereocenters. The molecule has 0 aliphatic carbocycles. The normalized spacial score (nSPS) is 11.4. The Morgan fingerprint density at radius 1 is 1.43 bits per heavy atom. The van der Waals surface area contributed by atoms with Crippen LogP contribution in [0.25, 0.3) is 0 Å². The van der Waals surface area contributed by atoms with Crippen LogP contribution in [0.3, 0.4) is 0 Å². The van der Waals surface area contributed by atoms with Gasteiger partial charge in [-0.1, -0.05) is 11.1 Å². The van der Waals surface area contributed by atoms with Crippen molar-refractivity contribution in [2.75, 3.05) is 14.2 Å². The van der Waals surface area contributed by atoms with E-state index in [0.717, 1.165) is 0 Å². The average molecular weight is 199 g/mol. The molecule has 0 aliphatic rings. The summed E-state index contributed by atoms with van der Waals surface area (Å²) in [6.45, 7) is 2.98. The van der Waals surface area contributed by atoms with Gasteiger partial charge in [0.05, 0.1) is 7.11 Å². The maximum Gasteiger partial charge on any atom is 0.368 e. The molecular formula is C9H13NO4. The molecule has 0 aromatic rings. The number of carbonyl (C=O) groups excluding carboxylic acids is 1. The number of rotatable bonds is 2. The highest BCUT2D eigenvalue weighted by atomic mass is 16.6. The number of oxime groups is 1. The van der Waals surface area contributed by atoms with E-state index < -0.39 is 11.6 Å². The minimum atomic E-state index is -1.19.